The summed E-state index contributed by atoms with van der Waals surface area (Å²) in [5, 5.41) is 3.04. The van der Waals surface area contributed by atoms with E-state index >= 15 is 0 Å². The Hall–Kier alpha value is -1.15. The molecule has 1 rings (SSSR count). The highest BCUT2D eigenvalue weighted by atomic mass is 16.1. The molecule has 0 aliphatic carbocycles. The number of rotatable bonds is 6. The van der Waals surface area contributed by atoms with Crippen molar-refractivity contribution in [2.24, 2.45) is 0 Å². The topological polar surface area (TPSA) is 29.1 Å². The maximum atomic E-state index is 11.5. The van der Waals surface area contributed by atoms with Crippen molar-refractivity contribution in [1.29, 1.82) is 0 Å². The van der Waals surface area contributed by atoms with Crippen LogP contribution < -0.4 is 5.32 Å². The molecule has 0 bridgehead atoms. The molecule has 0 fully saturated rings. The predicted molar refractivity (Wildman–Crippen MR) is 63.1 cm³/mol. The first-order valence-corrected chi connectivity index (χ1v) is 5.44. The second-order valence-corrected chi connectivity index (χ2v) is 3.91. The van der Waals surface area contributed by atoms with E-state index in [1.165, 1.54) is 5.56 Å². The quantitative estimate of drug-likeness (QED) is 0.721. The van der Waals surface area contributed by atoms with Gasteiger partial charge in [-0.3, -0.25) is 4.79 Å². The number of carbonyl (C=O) groups is 1. The molecular weight excluding hydrogens is 186 g/mol. The van der Waals surface area contributed by atoms with Crippen molar-refractivity contribution in [3.8, 4) is 0 Å². The molecule has 0 atom stereocenters. The normalized spacial score (nSPS) is 10.3. The van der Waals surface area contributed by atoms with Crippen LogP contribution in [-0.2, 0) is 11.2 Å². The minimum atomic E-state index is 0.328. The number of Topliss-reactive ketones (excluding diaryl/α,β-unsaturated/α-hetero) is 1. The van der Waals surface area contributed by atoms with Crippen LogP contribution >= 0.6 is 0 Å². The summed E-state index contributed by atoms with van der Waals surface area (Å²) in [5.41, 5.74) is 2.36. The number of ketones is 1. The average molecular weight is 205 g/mol. The molecule has 0 unspecified atom stereocenters. The molecule has 1 N–H and O–H groups in total. The van der Waals surface area contributed by atoms with E-state index in [2.05, 4.69) is 24.4 Å². The largest absolute Gasteiger partial charge is 0.320 e. The molecule has 0 aliphatic rings. The smallest absolute Gasteiger partial charge is 0.137 e. The maximum absolute atomic E-state index is 11.5. The first kappa shape index (κ1) is 11.9. The third-order valence-corrected chi connectivity index (χ3v) is 2.40. The van der Waals surface area contributed by atoms with Gasteiger partial charge in [-0.15, -0.1) is 0 Å². The summed E-state index contributed by atoms with van der Waals surface area (Å²) >= 11 is 0. The van der Waals surface area contributed by atoms with Crippen LogP contribution in [0.5, 0.6) is 0 Å². The lowest BCUT2D eigenvalue weighted by Crippen LogP contribution is -2.11. The number of benzene rings is 1. The lowest BCUT2D eigenvalue weighted by atomic mass is 10.0. The Bertz CT molecular complexity index is 303. The van der Waals surface area contributed by atoms with E-state index in [4.69, 9.17) is 0 Å². The zero-order chi connectivity index (χ0) is 11.1. The molecule has 0 heterocycles. The SMILES string of the molecule is CNCCCC(=O)Cc1ccc(C)cc1. The third kappa shape index (κ3) is 4.75. The maximum Gasteiger partial charge on any atom is 0.137 e. The summed E-state index contributed by atoms with van der Waals surface area (Å²) in [4.78, 5) is 11.5. The second kappa shape index (κ2) is 6.36. The van der Waals surface area contributed by atoms with Crippen molar-refractivity contribution in [1.82, 2.24) is 5.32 Å². The molecule has 82 valence electrons. The van der Waals surface area contributed by atoms with Crippen LogP contribution in [0.2, 0.25) is 0 Å². The van der Waals surface area contributed by atoms with Gasteiger partial charge in [-0.05, 0) is 32.5 Å². The second-order valence-electron chi connectivity index (χ2n) is 3.91. The zero-order valence-electron chi connectivity index (χ0n) is 9.55. The molecule has 2 heteroatoms. The molecule has 0 saturated heterocycles. The van der Waals surface area contributed by atoms with E-state index in [0.717, 1.165) is 18.5 Å². The van der Waals surface area contributed by atoms with E-state index in [1.807, 2.05) is 19.2 Å². The Kier molecular flexibility index (Phi) is 5.05. The molecule has 15 heavy (non-hydrogen) atoms. The van der Waals surface area contributed by atoms with Crippen LogP contribution in [0.4, 0.5) is 0 Å². The highest BCUT2D eigenvalue weighted by molar-refractivity contribution is 5.80. The van der Waals surface area contributed by atoms with E-state index in [-0.39, 0.29) is 0 Å². The first-order valence-electron chi connectivity index (χ1n) is 5.44. The Balaban J connectivity index is 2.34. The fourth-order valence-corrected chi connectivity index (χ4v) is 1.48. The Labute approximate surface area is 91.7 Å². The number of hydrogen-bond donors (Lipinski definition) is 1. The molecule has 1 aromatic carbocycles. The fraction of sp³-hybridized carbons (Fsp3) is 0.462. The molecule has 0 saturated carbocycles. The van der Waals surface area contributed by atoms with E-state index < -0.39 is 0 Å². The van der Waals surface area contributed by atoms with Crippen molar-refractivity contribution in [2.75, 3.05) is 13.6 Å². The van der Waals surface area contributed by atoms with Gasteiger partial charge in [0, 0.05) is 12.8 Å². The van der Waals surface area contributed by atoms with Gasteiger partial charge in [0.2, 0.25) is 0 Å². The van der Waals surface area contributed by atoms with Gasteiger partial charge < -0.3 is 5.32 Å². The van der Waals surface area contributed by atoms with Gasteiger partial charge in [-0.25, -0.2) is 0 Å². The van der Waals surface area contributed by atoms with Crippen molar-refractivity contribution in [3.05, 3.63) is 35.4 Å². The summed E-state index contributed by atoms with van der Waals surface area (Å²) in [6, 6.07) is 8.17. The number of carbonyl (C=O) groups excluding carboxylic acids is 1. The monoisotopic (exact) mass is 205 g/mol. The standard InChI is InChI=1S/C13H19NO/c1-11-5-7-12(8-6-11)10-13(15)4-3-9-14-2/h5-8,14H,3-4,9-10H2,1-2H3. The van der Waals surface area contributed by atoms with Gasteiger partial charge in [0.1, 0.15) is 5.78 Å². The number of nitrogens with one attached hydrogen (secondary N) is 1. The summed E-state index contributed by atoms with van der Waals surface area (Å²) in [6.07, 6.45) is 2.18. The van der Waals surface area contributed by atoms with E-state index in [1.54, 1.807) is 0 Å². The van der Waals surface area contributed by atoms with Gasteiger partial charge in [-0.2, -0.15) is 0 Å². The summed E-state index contributed by atoms with van der Waals surface area (Å²) < 4.78 is 0. The number of aryl methyl sites for hydroxylation is 1. The van der Waals surface area contributed by atoms with Gasteiger partial charge in [0.05, 0.1) is 0 Å². The van der Waals surface area contributed by atoms with Gasteiger partial charge in [0.15, 0.2) is 0 Å². The minimum absolute atomic E-state index is 0.328. The molecule has 0 radical (unpaired) electrons. The van der Waals surface area contributed by atoms with Crippen LogP contribution in [0.25, 0.3) is 0 Å². The van der Waals surface area contributed by atoms with Crippen LogP contribution in [0.15, 0.2) is 24.3 Å². The highest BCUT2D eigenvalue weighted by Gasteiger charge is 2.02. The Morgan fingerprint density at radius 2 is 1.93 bits per heavy atom. The lowest BCUT2D eigenvalue weighted by molar-refractivity contribution is -0.118. The van der Waals surface area contributed by atoms with Gasteiger partial charge in [-0.1, -0.05) is 29.8 Å². The van der Waals surface area contributed by atoms with Crippen molar-refractivity contribution in [2.45, 2.75) is 26.2 Å². The Morgan fingerprint density at radius 3 is 2.53 bits per heavy atom. The zero-order valence-corrected chi connectivity index (χ0v) is 9.55. The van der Waals surface area contributed by atoms with Gasteiger partial charge in [0.25, 0.3) is 0 Å². The van der Waals surface area contributed by atoms with Crippen LogP contribution in [0, 0.1) is 6.92 Å². The molecule has 0 aromatic heterocycles. The first-order chi connectivity index (χ1) is 7.22. The van der Waals surface area contributed by atoms with Crippen LogP contribution in [0.3, 0.4) is 0 Å². The molecule has 0 amide bonds. The van der Waals surface area contributed by atoms with Crippen molar-refractivity contribution >= 4 is 5.78 Å². The van der Waals surface area contributed by atoms with Crippen LogP contribution in [0.1, 0.15) is 24.0 Å². The summed E-state index contributed by atoms with van der Waals surface area (Å²) in [5.74, 6) is 0.328. The van der Waals surface area contributed by atoms with Crippen molar-refractivity contribution in [3.63, 3.8) is 0 Å². The number of hydrogen-bond acceptors (Lipinski definition) is 2. The molecule has 2 nitrogen and oxygen atoms in total. The molecule has 1 aromatic rings. The predicted octanol–water partition coefficient (Wildman–Crippen LogP) is 2.11. The van der Waals surface area contributed by atoms with E-state index in [0.29, 0.717) is 18.6 Å². The minimum Gasteiger partial charge on any atom is -0.320 e. The molecular formula is C13H19NO. The van der Waals surface area contributed by atoms with Gasteiger partial charge >= 0.3 is 0 Å². The Morgan fingerprint density at radius 1 is 1.27 bits per heavy atom. The average Bonchev–Trinajstić information content (AvgIpc) is 2.22. The van der Waals surface area contributed by atoms with Crippen molar-refractivity contribution < 1.29 is 4.79 Å². The van der Waals surface area contributed by atoms with E-state index in [9.17, 15) is 4.79 Å². The van der Waals surface area contributed by atoms with Crippen LogP contribution in [-0.4, -0.2) is 19.4 Å². The summed E-state index contributed by atoms with van der Waals surface area (Å²) in [6.45, 7) is 2.97. The molecule has 0 aliphatic heterocycles. The third-order valence-electron chi connectivity index (χ3n) is 2.40. The fourth-order valence-electron chi connectivity index (χ4n) is 1.48. The summed E-state index contributed by atoms with van der Waals surface area (Å²) in [7, 11) is 1.91. The highest BCUT2D eigenvalue weighted by Crippen LogP contribution is 2.05. The molecule has 0 spiro atoms. The lowest BCUT2D eigenvalue weighted by Gasteiger charge is -2.02.